The largest absolute Gasteiger partial charge is 0.350 e. The highest BCUT2D eigenvalue weighted by Crippen LogP contribution is 2.25. The maximum absolute atomic E-state index is 5.93. The fourth-order valence-corrected chi connectivity index (χ4v) is 2.98. The molecule has 0 saturated heterocycles. The zero-order valence-corrected chi connectivity index (χ0v) is 11.9. The van der Waals surface area contributed by atoms with E-state index < -0.39 is 0 Å². The maximum atomic E-state index is 5.93. The van der Waals surface area contributed by atoms with Crippen molar-refractivity contribution in [1.29, 1.82) is 0 Å². The van der Waals surface area contributed by atoms with E-state index in [0.29, 0.717) is 10.9 Å². The smallest absolute Gasteiger partial charge is 0.140 e. The first-order chi connectivity index (χ1) is 9.20. The third-order valence-electron chi connectivity index (χ3n) is 2.73. The van der Waals surface area contributed by atoms with Crippen molar-refractivity contribution in [3.05, 3.63) is 53.1 Å². The topological polar surface area (TPSA) is 41.6 Å². The standard InChI is InChI=1S/C14H12ClN3S/c1-9-6-12(15)18-13(16-9)8-19-14-7-10-4-2-3-5-11(10)17-14/h2-7,17H,8H2,1H3. The van der Waals surface area contributed by atoms with E-state index in [0.717, 1.165) is 22.1 Å². The summed E-state index contributed by atoms with van der Waals surface area (Å²) in [5.74, 6) is 1.46. The lowest BCUT2D eigenvalue weighted by Gasteiger charge is -2.01. The number of H-pyrrole nitrogens is 1. The van der Waals surface area contributed by atoms with E-state index in [4.69, 9.17) is 11.6 Å². The Bertz CT molecular complexity index is 670. The summed E-state index contributed by atoms with van der Waals surface area (Å²) in [5, 5.41) is 2.83. The molecule has 3 rings (SSSR count). The van der Waals surface area contributed by atoms with Crippen LogP contribution >= 0.6 is 23.4 Å². The average molecular weight is 290 g/mol. The molecule has 3 nitrogen and oxygen atoms in total. The van der Waals surface area contributed by atoms with Crippen LogP contribution in [0.2, 0.25) is 5.15 Å². The number of aromatic nitrogens is 3. The number of fused-ring (bicyclic) bond motifs is 1. The van der Waals surface area contributed by atoms with Crippen LogP contribution in [-0.2, 0) is 5.75 Å². The van der Waals surface area contributed by atoms with Crippen molar-refractivity contribution in [2.24, 2.45) is 0 Å². The fraction of sp³-hybridized carbons (Fsp3) is 0.143. The zero-order valence-electron chi connectivity index (χ0n) is 10.4. The number of nitrogens with one attached hydrogen (secondary N) is 1. The van der Waals surface area contributed by atoms with Crippen LogP contribution in [-0.4, -0.2) is 15.0 Å². The number of hydrogen-bond donors (Lipinski definition) is 1. The second-order valence-corrected chi connectivity index (χ2v) is 5.66. The molecule has 96 valence electrons. The third kappa shape index (κ3) is 2.91. The monoisotopic (exact) mass is 289 g/mol. The van der Waals surface area contributed by atoms with Gasteiger partial charge in [-0.1, -0.05) is 29.8 Å². The van der Waals surface area contributed by atoms with E-state index in [1.54, 1.807) is 17.8 Å². The molecule has 0 aliphatic carbocycles. The molecule has 3 aromatic rings. The van der Waals surface area contributed by atoms with Crippen LogP contribution < -0.4 is 0 Å². The summed E-state index contributed by atoms with van der Waals surface area (Å²) in [6.07, 6.45) is 0. The van der Waals surface area contributed by atoms with Crippen molar-refractivity contribution in [2.75, 3.05) is 0 Å². The summed E-state index contributed by atoms with van der Waals surface area (Å²) in [5.41, 5.74) is 2.04. The first-order valence-electron chi connectivity index (χ1n) is 5.91. The SMILES string of the molecule is Cc1cc(Cl)nc(CSc2cc3ccccc3[nH]2)n1. The molecule has 5 heteroatoms. The predicted molar refractivity (Wildman–Crippen MR) is 79.6 cm³/mol. The van der Waals surface area contributed by atoms with Crippen LogP contribution in [0.4, 0.5) is 0 Å². The molecule has 0 aliphatic heterocycles. The van der Waals surface area contributed by atoms with E-state index in [1.807, 2.05) is 19.1 Å². The van der Waals surface area contributed by atoms with Gasteiger partial charge in [0, 0.05) is 16.6 Å². The number of hydrogen-bond acceptors (Lipinski definition) is 3. The predicted octanol–water partition coefficient (Wildman–Crippen LogP) is 4.21. The third-order valence-corrected chi connectivity index (χ3v) is 3.86. The minimum absolute atomic E-state index is 0.500. The van der Waals surface area contributed by atoms with Crippen molar-refractivity contribution in [2.45, 2.75) is 17.7 Å². The van der Waals surface area contributed by atoms with Gasteiger partial charge in [-0.3, -0.25) is 0 Å². The van der Waals surface area contributed by atoms with Gasteiger partial charge in [0.15, 0.2) is 0 Å². The van der Waals surface area contributed by atoms with Crippen LogP contribution in [0.25, 0.3) is 10.9 Å². The lowest BCUT2D eigenvalue weighted by Crippen LogP contribution is -1.95. The molecule has 0 fully saturated rings. The second kappa shape index (κ2) is 5.23. The van der Waals surface area contributed by atoms with Crippen molar-refractivity contribution in [3.63, 3.8) is 0 Å². The molecular formula is C14H12ClN3S. The molecule has 2 aromatic heterocycles. The Morgan fingerprint density at radius 2 is 2.05 bits per heavy atom. The number of para-hydroxylation sites is 1. The van der Waals surface area contributed by atoms with Crippen molar-refractivity contribution < 1.29 is 0 Å². The molecule has 0 radical (unpaired) electrons. The molecular weight excluding hydrogens is 278 g/mol. The summed E-state index contributed by atoms with van der Waals surface area (Å²) in [7, 11) is 0. The summed E-state index contributed by atoms with van der Waals surface area (Å²) in [4.78, 5) is 12.0. The molecule has 0 saturated carbocycles. The Labute approximate surface area is 120 Å². The molecule has 0 aliphatic rings. The van der Waals surface area contributed by atoms with Gasteiger partial charge in [-0.25, -0.2) is 9.97 Å². The van der Waals surface area contributed by atoms with Gasteiger partial charge in [0.2, 0.25) is 0 Å². The molecule has 2 heterocycles. The Hall–Kier alpha value is -1.52. The lowest BCUT2D eigenvalue weighted by molar-refractivity contribution is 0.994. The fourth-order valence-electron chi connectivity index (χ4n) is 1.92. The van der Waals surface area contributed by atoms with E-state index in [1.165, 1.54) is 5.39 Å². The van der Waals surface area contributed by atoms with E-state index >= 15 is 0 Å². The highest BCUT2D eigenvalue weighted by atomic mass is 35.5. The van der Waals surface area contributed by atoms with Crippen molar-refractivity contribution in [1.82, 2.24) is 15.0 Å². The van der Waals surface area contributed by atoms with Crippen LogP contribution in [0, 0.1) is 6.92 Å². The van der Waals surface area contributed by atoms with Gasteiger partial charge < -0.3 is 4.98 Å². The molecule has 1 aromatic carbocycles. The molecule has 0 bridgehead atoms. The molecule has 0 amide bonds. The van der Waals surface area contributed by atoms with Crippen LogP contribution in [0.3, 0.4) is 0 Å². The molecule has 19 heavy (non-hydrogen) atoms. The van der Waals surface area contributed by atoms with Gasteiger partial charge in [0.05, 0.1) is 10.8 Å². The summed E-state index contributed by atoms with van der Waals surface area (Å²) < 4.78 is 0. The van der Waals surface area contributed by atoms with Crippen LogP contribution in [0.1, 0.15) is 11.5 Å². The number of aromatic amines is 1. The Balaban J connectivity index is 1.78. The minimum atomic E-state index is 0.500. The molecule has 0 unspecified atom stereocenters. The first kappa shape index (κ1) is 12.5. The van der Waals surface area contributed by atoms with E-state index in [2.05, 4.69) is 33.2 Å². The summed E-state index contributed by atoms with van der Waals surface area (Å²) in [6, 6.07) is 12.1. The van der Waals surface area contributed by atoms with Gasteiger partial charge in [-0.05, 0) is 25.1 Å². The normalized spacial score (nSPS) is 11.1. The van der Waals surface area contributed by atoms with Gasteiger partial charge in [0.25, 0.3) is 0 Å². The number of nitrogens with zero attached hydrogens (tertiary/aromatic N) is 2. The molecule has 0 spiro atoms. The van der Waals surface area contributed by atoms with E-state index in [-0.39, 0.29) is 0 Å². The van der Waals surface area contributed by atoms with Crippen molar-refractivity contribution >= 4 is 34.3 Å². The quantitative estimate of drug-likeness (QED) is 0.580. The van der Waals surface area contributed by atoms with Gasteiger partial charge >= 0.3 is 0 Å². The number of rotatable bonds is 3. The van der Waals surface area contributed by atoms with Crippen LogP contribution in [0.5, 0.6) is 0 Å². The highest BCUT2D eigenvalue weighted by Gasteiger charge is 2.04. The van der Waals surface area contributed by atoms with E-state index in [9.17, 15) is 0 Å². The number of thioether (sulfide) groups is 1. The second-order valence-electron chi connectivity index (χ2n) is 4.26. The molecule has 1 N–H and O–H groups in total. The highest BCUT2D eigenvalue weighted by molar-refractivity contribution is 7.98. The Morgan fingerprint density at radius 1 is 1.21 bits per heavy atom. The van der Waals surface area contributed by atoms with Crippen molar-refractivity contribution in [3.8, 4) is 0 Å². The van der Waals surface area contributed by atoms with Crippen LogP contribution in [0.15, 0.2) is 41.4 Å². The van der Waals surface area contributed by atoms with Gasteiger partial charge in [-0.15, -0.1) is 11.8 Å². The number of benzene rings is 1. The summed E-state index contributed by atoms with van der Waals surface area (Å²) >= 11 is 7.61. The number of aryl methyl sites for hydroxylation is 1. The lowest BCUT2D eigenvalue weighted by atomic mass is 10.3. The Kier molecular flexibility index (Phi) is 3.44. The zero-order chi connectivity index (χ0) is 13.2. The first-order valence-corrected chi connectivity index (χ1v) is 7.28. The Morgan fingerprint density at radius 3 is 2.84 bits per heavy atom. The summed E-state index contributed by atoms with van der Waals surface area (Å²) in [6.45, 7) is 1.92. The van der Waals surface area contributed by atoms with Gasteiger partial charge in [0.1, 0.15) is 11.0 Å². The number of halogens is 1. The average Bonchev–Trinajstić information content (AvgIpc) is 2.78. The van der Waals surface area contributed by atoms with Gasteiger partial charge in [-0.2, -0.15) is 0 Å². The minimum Gasteiger partial charge on any atom is -0.350 e. The maximum Gasteiger partial charge on any atom is 0.140 e. The molecule has 0 atom stereocenters.